The Morgan fingerprint density at radius 1 is 0.336 bits per heavy atom. The van der Waals surface area contributed by atoms with Crippen molar-refractivity contribution in [2.45, 2.75) is 176 Å². The van der Waals surface area contributed by atoms with Crippen LogP contribution < -0.4 is 49.5 Å². The Bertz CT molecular complexity index is 7090. The molecule has 0 radical (unpaired) electrons. The lowest BCUT2D eigenvalue weighted by atomic mass is 9.88. The molecule has 0 saturated heterocycles. The second-order valence-corrected chi connectivity index (χ2v) is 37.9. The number of anilines is 10. The number of nitrogens with two attached hydrogens (primary N) is 4. The van der Waals surface area contributed by atoms with Crippen LogP contribution in [0.3, 0.4) is 0 Å². The molecular weight excluding hydrogens is 1780 g/mol. The first-order valence-electron chi connectivity index (χ1n) is 48.0. The predicted molar refractivity (Wildman–Crippen MR) is 572 cm³/mol. The number of amidine groups is 1. The first-order chi connectivity index (χ1) is 68.7. The van der Waals surface area contributed by atoms with Gasteiger partial charge >= 0.3 is 0 Å². The first kappa shape index (κ1) is 102. The Labute approximate surface area is 835 Å². The molecule has 0 unspecified atom stereocenters. The van der Waals surface area contributed by atoms with Crippen molar-refractivity contribution >= 4 is 69.3 Å². The number of nitrogen functional groups attached to an aromatic ring is 1. The Kier molecular flexibility index (Phi) is 33.4. The Morgan fingerprint density at radius 3 is 0.895 bits per heavy atom. The second kappa shape index (κ2) is 46.8. The van der Waals surface area contributed by atoms with Gasteiger partial charge in [0.1, 0.15) is 57.6 Å². The lowest BCUT2D eigenvalue weighted by Crippen LogP contribution is -2.17. The number of nitriles is 1. The van der Waals surface area contributed by atoms with E-state index in [4.69, 9.17) is 53.5 Å². The summed E-state index contributed by atoms with van der Waals surface area (Å²) in [6.45, 7) is 23.4. The van der Waals surface area contributed by atoms with E-state index in [2.05, 4.69) is 90.3 Å². The number of rotatable bonds is 22. The zero-order valence-corrected chi connectivity index (χ0v) is 82.5. The maximum atomic E-state index is 11.3. The number of amides is 1. The summed E-state index contributed by atoms with van der Waals surface area (Å²) >= 11 is 0. The minimum Gasteiger partial charge on any atom is -0.503 e. The van der Waals surface area contributed by atoms with Crippen LogP contribution in [0.25, 0.3) is 67.7 Å². The largest absolute Gasteiger partial charge is 0.503 e. The smallest absolute Gasteiger partial charge is 0.248 e. The summed E-state index contributed by atoms with van der Waals surface area (Å²) in [4.78, 5) is 57.9. The molecule has 0 aliphatic heterocycles. The molecule has 27 heteroatoms. The SMILES string of the molecule is Cc1ccc(-c2nc(-c3ccccc3)nc(Nc3ccc(C(N)=O)cc3)c2O)cc1.Cc1ccc(-c2nc(C(C)(C)C)nc(Nc3ccc(C(=N)N)cc3)c2O)cc1.Cc1ccc(-c2nc(C(C)(C)C)nc(Nc3ccc(CN)cc3)c2O)cc1.Cc1ccc(-c2nc(C3CCCCC3)nc(Nc3ccc(C#N)cc3)c2O)cc1.Cc1ccc(-c2nc(C3CCCCC3)nc(Nc3ccc(CN)cc3)c2O)cc1. The van der Waals surface area contributed by atoms with Gasteiger partial charge in [-0.2, -0.15) is 5.26 Å². The Balaban J connectivity index is 0.000000142. The summed E-state index contributed by atoms with van der Waals surface area (Å²) in [5.41, 5.74) is 42.6. The fourth-order valence-corrected chi connectivity index (χ4v) is 16.0. The molecule has 0 bridgehead atoms. The summed E-state index contributed by atoms with van der Waals surface area (Å²) in [6.07, 6.45) is 11.7. The van der Waals surface area contributed by atoms with Gasteiger partial charge in [-0.1, -0.05) is 284 Å². The minimum absolute atomic E-state index is 0.00695. The van der Waals surface area contributed by atoms with Gasteiger partial charge in [0, 0.05) is 109 Å². The second-order valence-electron chi connectivity index (χ2n) is 37.9. The third kappa shape index (κ3) is 27.0. The van der Waals surface area contributed by atoms with Gasteiger partial charge in [0.2, 0.25) is 5.91 Å². The van der Waals surface area contributed by atoms with Gasteiger partial charge in [-0.05, 0) is 168 Å². The Morgan fingerprint density at radius 2 is 0.608 bits per heavy atom. The van der Waals surface area contributed by atoms with Crippen molar-refractivity contribution in [2.75, 3.05) is 26.6 Å². The number of nitrogens with zero attached hydrogens (tertiary/aromatic N) is 11. The van der Waals surface area contributed by atoms with Crippen LogP contribution >= 0.6 is 0 Å². The fourth-order valence-electron chi connectivity index (χ4n) is 16.0. The van der Waals surface area contributed by atoms with Gasteiger partial charge < -0.3 is 75.1 Å². The molecule has 2 saturated carbocycles. The lowest BCUT2D eigenvalue weighted by molar-refractivity contribution is 0.1000. The van der Waals surface area contributed by atoms with Crippen molar-refractivity contribution in [3.63, 3.8) is 0 Å². The van der Waals surface area contributed by atoms with E-state index in [1.807, 2.05) is 261 Å². The normalized spacial score (nSPS) is 12.5. The van der Waals surface area contributed by atoms with E-state index in [9.17, 15) is 30.3 Å². The van der Waals surface area contributed by atoms with Gasteiger partial charge in [0.15, 0.2) is 63.7 Å². The van der Waals surface area contributed by atoms with Gasteiger partial charge in [-0.25, -0.2) is 49.8 Å². The summed E-state index contributed by atoms with van der Waals surface area (Å²) in [6, 6.07) is 87.7. The number of aryl methyl sites for hydroxylation is 5. The molecule has 1 amide bonds. The lowest BCUT2D eigenvalue weighted by Gasteiger charge is -2.22. The van der Waals surface area contributed by atoms with Gasteiger partial charge in [-0.3, -0.25) is 10.2 Å². The van der Waals surface area contributed by atoms with Crippen LogP contribution in [0.15, 0.2) is 273 Å². The van der Waals surface area contributed by atoms with Crippen molar-refractivity contribution in [3.8, 4) is 102 Å². The van der Waals surface area contributed by atoms with Crippen LogP contribution in [0, 0.1) is 51.4 Å². The minimum atomic E-state index is -0.501. The average Bonchev–Trinajstić information content (AvgIpc) is 0.816. The van der Waals surface area contributed by atoms with Gasteiger partial charge in [0.05, 0.1) is 11.6 Å². The summed E-state index contributed by atoms with van der Waals surface area (Å²) in [5, 5.41) is 87.1. The molecule has 2 aliphatic carbocycles. The maximum absolute atomic E-state index is 11.3. The van der Waals surface area contributed by atoms with Gasteiger partial charge in [0.25, 0.3) is 0 Å². The highest BCUT2D eigenvalue weighted by atomic mass is 16.3. The zero-order valence-electron chi connectivity index (χ0n) is 82.5. The van der Waals surface area contributed by atoms with Gasteiger partial charge in [-0.15, -0.1) is 0 Å². The zero-order chi connectivity index (χ0) is 102. The molecule has 2 aliphatic rings. The molecule has 0 atom stereocenters. The number of hydrogen-bond donors (Lipinski definition) is 15. The number of hydrogen-bond acceptors (Lipinski definition) is 25. The molecule has 143 heavy (non-hydrogen) atoms. The molecule has 0 spiro atoms. The molecule has 18 rings (SSSR count). The monoisotopic (exact) mass is 1910 g/mol. The molecule has 2 fully saturated rings. The molecule has 5 heterocycles. The number of carbonyl (C=O) groups is 1. The first-order valence-corrected chi connectivity index (χ1v) is 48.0. The highest BCUT2D eigenvalue weighted by molar-refractivity contribution is 5.95. The van der Waals surface area contributed by atoms with Crippen LogP contribution in [0.2, 0.25) is 0 Å². The van der Waals surface area contributed by atoms with E-state index in [0.29, 0.717) is 117 Å². The number of primary amides is 1. The van der Waals surface area contributed by atoms with Crippen LogP contribution in [-0.4, -0.2) is 87.1 Å². The standard InChI is InChI=1S/C24H20N4O2.C24H28N4O.C24H24N4O.C22H25N5O.C22H26N4O/c1-15-7-9-16(10-8-15)20-21(29)24(26-19-13-11-17(12-14-19)22(25)30)28-23(27-20)18-5-3-2-4-6-18;2*1-16-7-11-18(12-8-16)21-22(29)24(26-20-13-9-17(15-25)10-14-20)28-23(27-21)19-5-3-2-4-6-19;1-13-5-7-14(8-6-13)17-18(28)20(27-21(26-17)22(2,3)4)25-16-11-9-15(10-12-16)19(23)24;1-14-5-9-16(10-6-14)18-19(27)20(26-21(25-18)22(2,3)4)24-17-11-7-15(13-23)8-12-17/h2-14,29H,1H3,(H2,25,30)(H,26,27,28);7-14,19,29H,2-6,15,25H2,1H3,(H,26,27,28);7-14,19,29H,2-6H2,1H3,(H,26,27,28);5-12,28H,1-4H3,(H3,23,24)(H,25,26,27);5-12,27H,13,23H2,1-4H3,(H,24,25,26). The topological polar surface area (TPSA) is 459 Å². The Hall–Kier alpha value is -16.8. The molecule has 5 aromatic heterocycles. The number of benzene rings is 11. The molecule has 16 aromatic rings. The third-order valence-corrected chi connectivity index (χ3v) is 24.5. The number of aromatic hydroxyl groups is 5. The maximum Gasteiger partial charge on any atom is 0.248 e. The van der Waals surface area contributed by atoms with Crippen LogP contribution in [0.1, 0.15) is 201 Å². The van der Waals surface area contributed by atoms with Crippen molar-refractivity contribution in [3.05, 3.63) is 352 Å². The van der Waals surface area contributed by atoms with Crippen molar-refractivity contribution in [2.24, 2.45) is 22.9 Å². The van der Waals surface area contributed by atoms with Crippen molar-refractivity contribution in [1.29, 1.82) is 10.7 Å². The predicted octanol–water partition coefficient (Wildman–Crippen LogP) is 25.0. The van der Waals surface area contributed by atoms with E-state index in [1.165, 1.54) is 44.1 Å². The number of nitrogens with one attached hydrogen (secondary N) is 6. The summed E-state index contributed by atoms with van der Waals surface area (Å²) < 4.78 is 0. The number of aromatic nitrogens is 10. The fraction of sp³-hybridized carbons (Fsp3) is 0.233. The van der Waals surface area contributed by atoms with Crippen LogP contribution in [0.4, 0.5) is 57.5 Å². The van der Waals surface area contributed by atoms with E-state index >= 15 is 0 Å². The number of carbonyl (C=O) groups excluding carboxylic acids is 1. The highest BCUT2D eigenvalue weighted by Crippen LogP contribution is 2.45. The molecule has 19 N–H and O–H groups in total. The van der Waals surface area contributed by atoms with Crippen LogP contribution in [-0.2, 0) is 23.9 Å². The van der Waals surface area contributed by atoms with E-state index in [1.54, 1.807) is 60.7 Å². The third-order valence-electron chi connectivity index (χ3n) is 24.5. The summed E-state index contributed by atoms with van der Waals surface area (Å²) in [7, 11) is 0. The van der Waals surface area contributed by atoms with Crippen molar-refractivity contribution in [1.82, 2.24) is 49.8 Å². The van der Waals surface area contributed by atoms with E-state index in [-0.39, 0.29) is 51.2 Å². The molecule has 27 nitrogen and oxygen atoms in total. The molecule has 728 valence electrons. The van der Waals surface area contributed by atoms with Crippen molar-refractivity contribution < 1.29 is 30.3 Å². The highest BCUT2D eigenvalue weighted by Gasteiger charge is 2.30. The van der Waals surface area contributed by atoms with E-state index in [0.717, 1.165) is 127 Å². The van der Waals surface area contributed by atoms with E-state index < -0.39 is 5.91 Å². The van der Waals surface area contributed by atoms with Crippen LogP contribution in [0.5, 0.6) is 28.7 Å². The molecular formula is C116H123N21O6. The summed E-state index contributed by atoms with van der Waals surface area (Å²) in [5.74, 6) is 5.50. The average molecular weight is 1910 g/mol. The molecule has 11 aromatic carbocycles. The quantitative estimate of drug-likeness (QED) is 0.0221.